The first-order valence-electron chi connectivity index (χ1n) is 12.3. The molecule has 36 heavy (non-hydrogen) atoms. The summed E-state index contributed by atoms with van der Waals surface area (Å²) < 4.78 is 0. The Labute approximate surface area is 206 Å². The van der Waals surface area contributed by atoms with Gasteiger partial charge in [-0.25, -0.2) is 9.97 Å². The topological polar surface area (TPSA) is 83.1 Å². The number of benzene rings is 4. The number of aryl methyl sites for hydroxylation is 4. The van der Waals surface area contributed by atoms with E-state index in [-0.39, 0.29) is 0 Å². The summed E-state index contributed by atoms with van der Waals surface area (Å²) in [6.45, 7) is 4.00. The molecule has 0 aliphatic heterocycles. The molecule has 3 heterocycles. The highest BCUT2D eigenvalue weighted by Gasteiger charge is 2.21. The van der Waals surface area contributed by atoms with Crippen LogP contribution in [-0.2, 0) is 12.8 Å². The summed E-state index contributed by atoms with van der Waals surface area (Å²) in [4.78, 5) is 25.6. The van der Waals surface area contributed by atoms with Crippen LogP contribution in [0.4, 0.5) is 0 Å². The average Bonchev–Trinajstić information content (AvgIpc) is 3.49. The SMILES string of the molecule is Cc1nc2c3c(ccc2[nH]1)-c1ccc(-c2ccc4c(c2)c2nccnc2c2[nH]c(C)nc42)cc1CC3. The Hall–Kier alpha value is -4.58. The summed E-state index contributed by atoms with van der Waals surface area (Å²) in [5.41, 5.74) is 13.6. The molecule has 3 aromatic heterocycles. The van der Waals surface area contributed by atoms with Crippen LogP contribution in [0.15, 0.2) is 60.9 Å². The lowest BCUT2D eigenvalue weighted by molar-refractivity contribution is 0.948. The molecule has 0 bridgehead atoms. The monoisotopic (exact) mass is 466 g/mol. The molecule has 0 saturated heterocycles. The minimum Gasteiger partial charge on any atom is -0.342 e. The maximum Gasteiger partial charge on any atom is 0.115 e. The largest absolute Gasteiger partial charge is 0.342 e. The number of fused-ring (bicyclic) bond motifs is 11. The first-order valence-corrected chi connectivity index (χ1v) is 12.3. The van der Waals surface area contributed by atoms with Crippen LogP contribution in [0.25, 0.3) is 66.1 Å². The Bertz CT molecular complexity index is 2030. The van der Waals surface area contributed by atoms with Crippen molar-refractivity contribution in [3.8, 4) is 22.3 Å². The van der Waals surface area contributed by atoms with Gasteiger partial charge in [0.2, 0.25) is 0 Å². The van der Waals surface area contributed by atoms with Gasteiger partial charge in [-0.2, -0.15) is 0 Å². The standard InChI is InChI=1S/C30H22N6/c1-15-33-25-10-9-21-20-6-3-17(13-19(20)5-8-22(21)26(25)34-15)18-4-7-23-24(14-18)27-29(32-12-11-31-27)30-28(23)35-16(2)36-30/h3-4,6-7,9-14H,5,8H2,1-2H3,(H,33,34)(H,35,36). The van der Waals surface area contributed by atoms with Crippen molar-refractivity contribution in [3.05, 3.63) is 83.7 Å². The second kappa shape index (κ2) is 6.98. The molecular weight excluding hydrogens is 444 g/mol. The zero-order valence-corrected chi connectivity index (χ0v) is 20.0. The molecule has 7 aromatic rings. The van der Waals surface area contributed by atoms with Crippen molar-refractivity contribution in [1.82, 2.24) is 29.9 Å². The van der Waals surface area contributed by atoms with Gasteiger partial charge in [-0.05, 0) is 72.2 Å². The maximum absolute atomic E-state index is 4.77. The van der Waals surface area contributed by atoms with E-state index in [1.807, 2.05) is 13.8 Å². The zero-order valence-electron chi connectivity index (χ0n) is 20.0. The van der Waals surface area contributed by atoms with E-state index in [0.29, 0.717) is 0 Å². The minimum absolute atomic E-state index is 0.861. The average molecular weight is 467 g/mol. The Morgan fingerprint density at radius 3 is 2.31 bits per heavy atom. The summed E-state index contributed by atoms with van der Waals surface area (Å²) >= 11 is 0. The first kappa shape index (κ1) is 19.7. The molecule has 0 spiro atoms. The summed E-state index contributed by atoms with van der Waals surface area (Å²) in [7, 11) is 0. The van der Waals surface area contributed by atoms with Crippen molar-refractivity contribution >= 4 is 43.9 Å². The predicted molar refractivity (Wildman–Crippen MR) is 144 cm³/mol. The van der Waals surface area contributed by atoms with E-state index in [2.05, 4.69) is 63.5 Å². The minimum atomic E-state index is 0.861. The summed E-state index contributed by atoms with van der Waals surface area (Å²) in [6.07, 6.45) is 5.52. The van der Waals surface area contributed by atoms with E-state index < -0.39 is 0 Å². The quantitative estimate of drug-likeness (QED) is 0.268. The zero-order chi connectivity index (χ0) is 24.0. The number of hydrogen-bond acceptors (Lipinski definition) is 4. The number of hydrogen-bond donors (Lipinski definition) is 2. The number of H-pyrrole nitrogens is 2. The highest BCUT2D eigenvalue weighted by molar-refractivity contribution is 6.21. The number of nitrogens with zero attached hydrogens (tertiary/aromatic N) is 4. The lowest BCUT2D eigenvalue weighted by Crippen LogP contribution is -2.05. The maximum atomic E-state index is 4.77. The molecule has 6 heteroatoms. The molecule has 0 fully saturated rings. The summed E-state index contributed by atoms with van der Waals surface area (Å²) in [5, 5.41) is 2.17. The van der Waals surface area contributed by atoms with E-state index in [0.717, 1.165) is 68.4 Å². The van der Waals surface area contributed by atoms with E-state index >= 15 is 0 Å². The molecule has 0 amide bonds. The molecule has 1 aliphatic rings. The van der Waals surface area contributed by atoms with Crippen LogP contribution in [-0.4, -0.2) is 29.9 Å². The van der Waals surface area contributed by atoms with Crippen molar-refractivity contribution in [1.29, 1.82) is 0 Å². The van der Waals surface area contributed by atoms with Crippen LogP contribution in [0.2, 0.25) is 0 Å². The smallest absolute Gasteiger partial charge is 0.115 e. The fourth-order valence-electron chi connectivity index (χ4n) is 5.97. The third-order valence-corrected chi connectivity index (χ3v) is 7.54. The lowest BCUT2D eigenvalue weighted by Gasteiger charge is -2.21. The van der Waals surface area contributed by atoms with Crippen LogP contribution >= 0.6 is 0 Å². The Kier molecular flexibility index (Phi) is 3.82. The number of rotatable bonds is 1. The van der Waals surface area contributed by atoms with Gasteiger partial charge >= 0.3 is 0 Å². The van der Waals surface area contributed by atoms with Gasteiger partial charge in [-0.15, -0.1) is 0 Å². The van der Waals surface area contributed by atoms with Crippen LogP contribution in [0.1, 0.15) is 22.8 Å². The predicted octanol–water partition coefficient (Wildman–Crippen LogP) is 6.59. The number of nitrogens with one attached hydrogen (secondary N) is 2. The molecule has 2 N–H and O–H groups in total. The van der Waals surface area contributed by atoms with Gasteiger partial charge in [0.25, 0.3) is 0 Å². The molecule has 1 aliphatic carbocycles. The van der Waals surface area contributed by atoms with Gasteiger partial charge in [0.1, 0.15) is 17.2 Å². The summed E-state index contributed by atoms with van der Waals surface area (Å²) in [5.74, 6) is 1.85. The van der Waals surface area contributed by atoms with E-state index in [1.54, 1.807) is 12.4 Å². The van der Waals surface area contributed by atoms with Crippen LogP contribution in [0.5, 0.6) is 0 Å². The van der Waals surface area contributed by atoms with Crippen LogP contribution < -0.4 is 0 Å². The second-order valence-electron chi connectivity index (χ2n) is 9.74. The van der Waals surface area contributed by atoms with Crippen molar-refractivity contribution in [2.24, 2.45) is 0 Å². The van der Waals surface area contributed by atoms with Gasteiger partial charge in [-0.3, -0.25) is 9.97 Å². The number of aromatic amines is 2. The van der Waals surface area contributed by atoms with Gasteiger partial charge in [0.05, 0.1) is 27.6 Å². The van der Waals surface area contributed by atoms with E-state index in [1.165, 1.54) is 33.4 Å². The van der Waals surface area contributed by atoms with Crippen LogP contribution in [0.3, 0.4) is 0 Å². The Balaban J connectivity index is 1.31. The summed E-state index contributed by atoms with van der Waals surface area (Å²) in [6, 6.07) is 17.9. The van der Waals surface area contributed by atoms with Crippen molar-refractivity contribution in [2.75, 3.05) is 0 Å². The number of aromatic nitrogens is 6. The molecule has 0 unspecified atom stereocenters. The van der Waals surface area contributed by atoms with Crippen molar-refractivity contribution < 1.29 is 0 Å². The highest BCUT2D eigenvalue weighted by Crippen LogP contribution is 2.40. The molecule has 4 aromatic carbocycles. The highest BCUT2D eigenvalue weighted by atomic mass is 14.9. The molecular formula is C30H22N6. The molecule has 0 atom stereocenters. The second-order valence-corrected chi connectivity index (χ2v) is 9.74. The molecule has 0 saturated carbocycles. The van der Waals surface area contributed by atoms with Crippen LogP contribution in [0, 0.1) is 13.8 Å². The fraction of sp³-hybridized carbons (Fsp3) is 0.133. The van der Waals surface area contributed by atoms with E-state index in [4.69, 9.17) is 15.0 Å². The normalized spacial score (nSPS) is 13.1. The first-order chi connectivity index (χ1) is 17.6. The molecule has 6 nitrogen and oxygen atoms in total. The Morgan fingerprint density at radius 2 is 1.39 bits per heavy atom. The molecule has 8 rings (SSSR count). The van der Waals surface area contributed by atoms with Crippen molar-refractivity contribution in [2.45, 2.75) is 26.7 Å². The van der Waals surface area contributed by atoms with E-state index in [9.17, 15) is 0 Å². The van der Waals surface area contributed by atoms with Crippen molar-refractivity contribution in [3.63, 3.8) is 0 Å². The van der Waals surface area contributed by atoms with Gasteiger partial charge in [-0.1, -0.05) is 36.4 Å². The molecule has 172 valence electrons. The van der Waals surface area contributed by atoms with Gasteiger partial charge < -0.3 is 9.97 Å². The lowest BCUT2D eigenvalue weighted by atomic mass is 9.83. The fourth-order valence-corrected chi connectivity index (χ4v) is 5.97. The third-order valence-electron chi connectivity index (χ3n) is 7.54. The number of imidazole rings is 2. The third kappa shape index (κ3) is 2.67. The Morgan fingerprint density at radius 1 is 0.639 bits per heavy atom. The van der Waals surface area contributed by atoms with Gasteiger partial charge in [0.15, 0.2) is 0 Å². The molecule has 0 radical (unpaired) electrons. The van der Waals surface area contributed by atoms with Gasteiger partial charge in [0, 0.05) is 23.2 Å².